The molecule has 1 unspecified atom stereocenters. The van der Waals surface area contributed by atoms with E-state index in [1.54, 1.807) is 0 Å². The molecular weight excluding hydrogens is 272 g/mol. The molecule has 1 aliphatic heterocycles. The van der Waals surface area contributed by atoms with Gasteiger partial charge in [-0.05, 0) is 5.41 Å². The van der Waals surface area contributed by atoms with Crippen LogP contribution < -0.4 is 10.6 Å². The van der Waals surface area contributed by atoms with Crippen molar-refractivity contribution < 1.29 is 14.4 Å². The third kappa shape index (κ3) is 2.39. The molecule has 0 spiro atoms. The van der Waals surface area contributed by atoms with E-state index in [2.05, 4.69) is 20.6 Å². The topological polar surface area (TPSA) is 101 Å². The molecule has 2 aliphatic rings. The van der Waals surface area contributed by atoms with Gasteiger partial charge in [-0.1, -0.05) is 13.8 Å². The molecule has 1 aromatic rings. The summed E-state index contributed by atoms with van der Waals surface area (Å²) in [7, 11) is 0. The Bertz CT molecular complexity index is 621. The molecule has 1 aromatic heterocycles. The van der Waals surface area contributed by atoms with Crippen molar-refractivity contribution in [3.63, 3.8) is 0 Å². The fraction of sp³-hybridized carbons (Fsp3) is 0.500. The van der Waals surface area contributed by atoms with E-state index in [1.165, 1.54) is 12.5 Å². The molecule has 7 heteroatoms. The molecule has 2 heterocycles. The first-order valence-electron chi connectivity index (χ1n) is 6.80. The van der Waals surface area contributed by atoms with Crippen molar-refractivity contribution in [1.29, 1.82) is 0 Å². The van der Waals surface area contributed by atoms with Crippen LogP contribution in [-0.2, 0) is 14.4 Å². The van der Waals surface area contributed by atoms with Gasteiger partial charge in [0, 0.05) is 12.8 Å². The number of nitrogens with zero attached hydrogens (tertiary/aromatic N) is 2. The number of carbonyl (C=O) groups is 3. The zero-order chi connectivity index (χ0) is 15.2. The Hall–Kier alpha value is -2.31. The summed E-state index contributed by atoms with van der Waals surface area (Å²) in [5.74, 6) is -1.37. The molecule has 0 bridgehead atoms. The zero-order valence-electron chi connectivity index (χ0n) is 11.8. The van der Waals surface area contributed by atoms with Gasteiger partial charge in [0.25, 0.3) is 0 Å². The second-order valence-electron chi connectivity index (χ2n) is 6.32. The highest BCUT2D eigenvalue weighted by atomic mass is 16.2. The highest BCUT2D eigenvalue weighted by molar-refractivity contribution is 6.13. The fourth-order valence-corrected chi connectivity index (χ4v) is 2.97. The number of hydrogen-bond donors (Lipinski definition) is 2. The first kappa shape index (κ1) is 13.7. The van der Waals surface area contributed by atoms with Crippen molar-refractivity contribution in [2.45, 2.75) is 32.7 Å². The van der Waals surface area contributed by atoms with Gasteiger partial charge in [-0.2, -0.15) is 0 Å². The van der Waals surface area contributed by atoms with Crippen LogP contribution in [0.5, 0.6) is 0 Å². The Kier molecular flexibility index (Phi) is 3.00. The van der Waals surface area contributed by atoms with Crippen LogP contribution in [0, 0.1) is 11.3 Å². The number of nitrogens with one attached hydrogen (secondary N) is 2. The summed E-state index contributed by atoms with van der Waals surface area (Å²) in [6, 6.07) is -0.889. The Balaban J connectivity index is 1.89. The molecule has 1 atom stereocenters. The molecule has 1 fully saturated rings. The highest BCUT2D eigenvalue weighted by Crippen LogP contribution is 2.37. The largest absolute Gasteiger partial charge is 0.368 e. The lowest BCUT2D eigenvalue weighted by atomic mass is 9.69. The minimum Gasteiger partial charge on any atom is -0.368 e. The predicted molar refractivity (Wildman–Crippen MR) is 74.6 cm³/mol. The fourth-order valence-electron chi connectivity index (χ4n) is 2.97. The van der Waals surface area contributed by atoms with Crippen LogP contribution in [0.2, 0.25) is 0 Å². The van der Waals surface area contributed by atoms with Crippen LogP contribution in [0.25, 0.3) is 0 Å². The lowest BCUT2D eigenvalue weighted by Gasteiger charge is -2.37. The molecule has 110 valence electrons. The van der Waals surface area contributed by atoms with Gasteiger partial charge in [-0.25, -0.2) is 9.97 Å². The highest BCUT2D eigenvalue weighted by Gasteiger charge is 2.47. The number of ketones is 2. The number of rotatable bonds is 1. The average Bonchev–Trinajstić information content (AvgIpc) is 2.37. The minimum absolute atomic E-state index is 0.191. The first-order valence-corrected chi connectivity index (χ1v) is 6.80. The van der Waals surface area contributed by atoms with E-state index in [9.17, 15) is 14.4 Å². The molecule has 0 aromatic carbocycles. The number of aromatic nitrogens is 2. The van der Waals surface area contributed by atoms with E-state index in [-0.39, 0.29) is 17.0 Å². The average molecular weight is 288 g/mol. The van der Waals surface area contributed by atoms with E-state index in [4.69, 9.17) is 0 Å². The number of fused-ring (bicyclic) bond motifs is 1. The molecule has 7 nitrogen and oxygen atoms in total. The molecule has 1 amide bonds. The maximum atomic E-state index is 12.3. The quantitative estimate of drug-likeness (QED) is 0.741. The summed E-state index contributed by atoms with van der Waals surface area (Å²) in [6.45, 7) is 3.77. The Morgan fingerprint density at radius 2 is 1.86 bits per heavy atom. The maximum absolute atomic E-state index is 12.3. The van der Waals surface area contributed by atoms with Gasteiger partial charge in [-0.3, -0.25) is 14.4 Å². The van der Waals surface area contributed by atoms with Crippen molar-refractivity contribution in [3.05, 3.63) is 12.5 Å². The molecular formula is C14H16N4O3. The monoisotopic (exact) mass is 288 g/mol. The van der Waals surface area contributed by atoms with Crippen LogP contribution in [-0.4, -0.2) is 33.5 Å². The predicted octanol–water partition coefficient (Wildman–Crippen LogP) is 0.784. The summed E-state index contributed by atoms with van der Waals surface area (Å²) >= 11 is 0. The molecule has 1 aliphatic carbocycles. The lowest BCUT2D eigenvalue weighted by molar-refractivity contribution is -0.142. The van der Waals surface area contributed by atoms with Gasteiger partial charge in [-0.15, -0.1) is 0 Å². The van der Waals surface area contributed by atoms with Gasteiger partial charge in [0.2, 0.25) is 5.91 Å². The zero-order valence-corrected chi connectivity index (χ0v) is 11.8. The number of hydrogen-bond acceptors (Lipinski definition) is 6. The van der Waals surface area contributed by atoms with Gasteiger partial charge in [0.1, 0.15) is 29.9 Å². The van der Waals surface area contributed by atoms with Crippen molar-refractivity contribution in [2.75, 3.05) is 10.6 Å². The normalized spacial score (nSPS) is 25.0. The van der Waals surface area contributed by atoms with Crippen molar-refractivity contribution in [3.8, 4) is 0 Å². The Labute approximate surface area is 121 Å². The minimum atomic E-state index is -0.939. The van der Waals surface area contributed by atoms with E-state index in [0.717, 1.165) is 0 Å². The smallest absolute Gasteiger partial charge is 0.249 e. The number of Topliss-reactive ketones (excluding diaryl/α,β-unsaturated/α-hetero) is 2. The summed E-state index contributed by atoms with van der Waals surface area (Å²) in [5, 5.41) is 5.54. The van der Waals surface area contributed by atoms with E-state index in [1.807, 2.05) is 13.8 Å². The van der Waals surface area contributed by atoms with Crippen LogP contribution in [0.3, 0.4) is 0 Å². The molecule has 3 rings (SSSR count). The summed E-state index contributed by atoms with van der Waals surface area (Å²) in [4.78, 5) is 44.6. The molecule has 0 saturated heterocycles. The standard InChI is InChI=1S/C14H16N4O3/c1-14(2)3-8(19)10(9(20)4-14)11-13(21)18-12-7(17-11)5-15-6-16-12/h5-6,10-11,17H,3-4H2,1-2H3,(H,15,16,18,21). The van der Waals surface area contributed by atoms with Crippen LogP contribution >= 0.6 is 0 Å². The molecule has 21 heavy (non-hydrogen) atoms. The van der Waals surface area contributed by atoms with Gasteiger partial charge in [0.15, 0.2) is 5.82 Å². The number of carbonyl (C=O) groups excluding carboxylic acids is 3. The van der Waals surface area contributed by atoms with Crippen molar-refractivity contribution in [1.82, 2.24) is 9.97 Å². The number of anilines is 2. The van der Waals surface area contributed by atoms with E-state index < -0.39 is 17.9 Å². The van der Waals surface area contributed by atoms with Crippen molar-refractivity contribution in [2.24, 2.45) is 11.3 Å². The number of amides is 1. The lowest BCUT2D eigenvalue weighted by Crippen LogP contribution is -2.53. The summed E-state index contributed by atoms with van der Waals surface area (Å²) in [5.41, 5.74) is 0.184. The van der Waals surface area contributed by atoms with Gasteiger partial charge < -0.3 is 10.6 Å². The Morgan fingerprint density at radius 1 is 1.19 bits per heavy atom. The molecule has 1 saturated carbocycles. The van der Waals surface area contributed by atoms with Gasteiger partial charge >= 0.3 is 0 Å². The summed E-state index contributed by atoms with van der Waals surface area (Å²) < 4.78 is 0. The van der Waals surface area contributed by atoms with Crippen LogP contribution in [0.4, 0.5) is 11.5 Å². The SMILES string of the molecule is CC1(C)CC(=O)C(C2Nc3cncnc3NC2=O)C(=O)C1. The van der Waals surface area contributed by atoms with Crippen LogP contribution in [0.15, 0.2) is 12.5 Å². The second kappa shape index (κ2) is 4.61. The van der Waals surface area contributed by atoms with E-state index in [0.29, 0.717) is 24.3 Å². The molecule has 2 N–H and O–H groups in total. The second-order valence-corrected chi connectivity index (χ2v) is 6.32. The van der Waals surface area contributed by atoms with Crippen LogP contribution in [0.1, 0.15) is 26.7 Å². The third-order valence-electron chi connectivity index (χ3n) is 3.88. The third-order valence-corrected chi connectivity index (χ3v) is 3.88. The summed E-state index contributed by atoms with van der Waals surface area (Å²) in [6.07, 6.45) is 3.43. The maximum Gasteiger partial charge on any atom is 0.249 e. The van der Waals surface area contributed by atoms with Gasteiger partial charge in [0.05, 0.1) is 11.9 Å². The Morgan fingerprint density at radius 3 is 2.52 bits per heavy atom. The van der Waals surface area contributed by atoms with Crippen molar-refractivity contribution >= 4 is 29.0 Å². The first-order chi connectivity index (χ1) is 9.87. The molecule has 0 radical (unpaired) electrons. The van der Waals surface area contributed by atoms with E-state index >= 15 is 0 Å².